The Kier molecular flexibility index (Phi) is 3.69. The molecule has 2 heterocycles. The van der Waals surface area contributed by atoms with E-state index in [1.165, 1.54) is 31.2 Å². The SMILES string of the molecule is COc1cc(OC)nc(NC(=O)c2nn(C)cc2N)n1. The molecule has 0 atom stereocenters. The zero-order chi connectivity index (χ0) is 14.7. The Bertz CT molecular complexity index is 617. The van der Waals surface area contributed by atoms with E-state index in [0.717, 1.165) is 0 Å². The van der Waals surface area contributed by atoms with Crippen molar-refractivity contribution in [3.8, 4) is 11.8 Å². The van der Waals surface area contributed by atoms with E-state index in [2.05, 4.69) is 20.4 Å². The Balaban J connectivity index is 2.25. The summed E-state index contributed by atoms with van der Waals surface area (Å²) in [6, 6.07) is 1.49. The molecular formula is C11H14N6O3. The molecule has 9 nitrogen and oxygen atoms in total. The van der Waals surface area contributed by atoms with Crippen LogP contribution in [0, 0.1) is 0 Å². The third-order valence-electron chi connectivity index (χ3n) is 2.39. The monoisotopic (exact) mass is 278 g/mol. The summed E-state index contributed by atoms with van der Waals surface area (Å²) in [6.07, 6.45) is 1.53. The summed E-state index contributed by atoms with van der Waals surface area (Å²) in [5, 5.41) is 6.44. The van der Waals surface area contributed by atoms with Gasteiger partial charge in [0.15, 0.2) is 5.69 Å². The summed E-state index contributed by atoms with van der Waals surface area (Å²) in [5.74, 6) is 0.0527. The molecule has 0 bridgehead atoms. The van der Waals surface area contributed by atoms with Gasteiger partial charge < -0.3 is 15.2 Å². The van der Waals surface area contributed by atoms with Gasteiger partial charge in [-0.2, -0.15) is 15.1 Å². The fourth-order valence-corrected chi connectivity index (χ4v) is 1.51. The Morgan fingerprint density at radius 2 is 1.90 bits per heavy atom. The smallest absolute Gasteiger partial charge is 0.280 e. The normalized spacial score (nSPS) is 10.2. The largest absolute Gasteiger partial charge is 0.481 e. The first-order valence-electron chi connectivity index (χ1n) is 5.61. The summed E-state index contributed by atoms with van der Waals surface area (Å²) in [5.41, 5.74) is 6.03. The number of carbonyl (C=O) groups is 1. The summed E-state index contributed by atoms with van der Waals surface area (Å²) in [4.78, 5) is 20.0. The second kappa shape index (κ2) is 5.43. The highest BCUT2D eigenvalue weighted by Gasteiger charge is 2.16. The lowest BCUT2D eigenvalue weighted by Crippen LogP contribution is -2.17. The maximum Gasteiger partial charge on any atom is 0.280 e. The Morgan fingerprint density at radius 1 is 1.30 bits per heavy atom. The van der Waals surface area contributed by atoms with Crippen molar-refractivity contribution in [3.63, 3.8) is 0 Å². The van der Waals surface area contributed by atoms with Crippen LogP contribution in [0.1, 0.15) is 10.5 Å². The molecule has 0 aromatic carbocycles. The third-order valence-corrected chi connectivity index (χ3v) is 2.39. The van der Waals surface area contributed by atoms with Crippen molar-refractivity contribution in [1.82, 2.24) is 19.7 Å². The van der Waals surface area contributed by atoms with Crippen LogP contribution in [-0.4, -0.2) is 39.9 Å². The Labute approximate surface area is 114 Å². The number of carbonyl (C=O) groups excluding carboxylic acids is 1. The number of hydrogen-bond acceptors (Lipinski definition) is 7. The quantitative estimate of drug-likeness (QED) is 0.812. The zero-order valence-corrected chi connectivity index (χ0v) is 11.2. The molecule has 0 radical (unpaired) electrons. The highest BCUT2D eigenvalue weighted by Crippen LogP contribution is 2.18. The minimum Gasteiger partial charge on any atom is -0.481 e. The minimum absolute atomic E-state index is 0.0382. The van der Waals surface area contributed by atoms with Gasteiger partial charge in [0.05, 0.1) is 26.0 Å². The van der Waals surface area contributed by atoms with Gasteiger partial charge in [-0.05, 0) is 0 Å². The first-order valence-corrected chi connectivity index (χ1v) is 5.61. The molecule has 0 fully saturated rings. The molecule has 1 amide bonds. The van der Waals surface area contributed by atoms with Gasteiger partial charge in [0.1, 0.15) is 0 Å². The number of methoxy groups -OCH3 is 2. The first-order chi connectivity index (χ1) is 9.53. The lowest BCUT2D eigenvalue weighted by atomic mass is 10.3. The number of rotatable bonds is 4. The van der Waals surface area contributed by atoms with Crippen LogP contribution in [-0.2, 0) is 7.05 Å². The maximum absolute atomic E-state index is 12.0. The van der Waals surface area contributed by atoms with Gasteiger partial charge >= 0.3 is 0 Å². The first kappa shape index (κ1) is 13.6. The number of hydrogen-bond donors (Lipinski definition) is 2. The number of aryl methyl sites for hydroxylation is 1. The molecule has 0 aliphatic heterocycles. The highest BCUT2D eigenvalue weighted by atomic mass is 16.5. The van der Waals surface area contributed by atoms with Gasteiger partial charge in [0, 0.05) is 13.2 Å². The van der Waals surface area contributed by atoms with E-state index in [1.54, 1.807) is 7.05 Å². The molecule has 9 heteroatoms. The van der Waals surface area contributed by atoms with Crippen LogP contribution in [0.2, 0.25) is 0 Å². The van der Waals surface area contributed by atoms with Crippen LogP contribution in [0.25, 0.3) is 0 Å². The van der Waals surface area contributed by atoms with Crippen molar-refractivity contribution >= 4 is 17.5 Å². The van der Waals surface area contributed by atoms with Gasteiger partial charge in [-0.1, -0.05) is 0 Å². The number of nitrogens with two attached hydrogens (primary N) is 1. The van der Waals surface area contributed by atoms with E-state index in [9.17, 15) is 4.79 Å². The topological polar surface area (TPSA) is 117 Å². The highest BCUT2D eigenvalue weighted by molar-refractivity contribution is 6.05. The van der Waals surface area contributed by atoms with E-state index in [4.69, 9.17) is 15.2 Å². The van der Waals surface area contributed by atoms with E-state index >= 15 is 0 Å². The average Bonchev–Trinajstić information content (AvgIpc) is 2.77. The fraction of sp³-hybridized carbons (Fsp3) is 0.273. The average molecular weight is 278 g/mol. The second-order valence-corrected chi connectivity index (χ2v) is 3.84. The van der Waals surface area contributed by atoms with Crippen molar-refractivity contribution in [2.75, 3.05) is 25.3 Å². The van der Waals surface area contributed by atoms with Gasteiger partial charge in [-0.3, -0.25) is 14.8 Å². The van der Waals surface area contributed by atoms with E-state index in [0.29, 0.717) is 0 Å². The number of amides is 1. The summed E-state index contributed by atoms with van der Waals surface area (Å²) in [7, 11) is 4.56. The Morgan fingerprint density at radius 3 is 2.35 bits per heavy atom. The summed E-state index contributed by atoms with van der Waals surface area (Å²) >= 11 is 0. The van der Waals surface area contributed by atoms with E-state index in [-0.39, 0.29) is 29.1 Å². The number of aromatic nitrogens is 4. The number of ether oxygens (including phenoxy) is 2. The Hall–Kier alpha value is -2.84. The molecule has 0 unspecified atom stereocenters. The number of nitrogens with zero attached hydrogens (tertiary/aromatic N) is 4. The minimum atomic E-state index is -0.515. The third kappa shape index (κ3) is 2.76. The molecule has 0 saturated heterocycles. The summed E-state index contributed by atoms with van der Waals surface area (Å²) < 4.78 is 11.4. The zero-order valence-electron chi connectivity index (χ0n) is 11.2. The number of nitrogen functional groups attached to an aromatic ring is 1. The van der Waals surface area contributed by atoms with Crippen molar-refractivity contribution in [3.05, 3.63) is 18.0 Å². The second-order valence-electron chi connectivity index (χ2n) is 3.84. The molecule has 0 spiro atoms. The van der Waals surface area contributed by atoms with Gasteiger partial charge in [0.2, 0.25) is 17.7 Å². The molecule has 0 aliphatic rings. The molecular weight excluding hydrogens is 264 g/mol. The predicted molar refractivity (Wildman–Crippen MR) is 70.7 cm³/mol. The van der Waals surface area contributed by atoms with Gasteiger partial charge in [-0.25, -0.2) is 0 Å². The lowest BCUT2D eigenvalue weighted by Gasteiger charge is -2.06. The van der Waals surface area contributed by atoms with Crippen LogP contribution >= 0.6 is 0 Å². The standard InChI is InChI=1S/C11H14N6O3/c1-17-5-6(12)9(16-17)10(18)15-11-13-7(19-2)4-8(14-11)20-3/h4-5H,12H2,1-3H3,(H,13,14,15,18). The predicted octanol–water partition coefficient (Wildman–Crippen LogP) is 0.0618. The van der Waals surface area contributed by atoms with Gasteiger partial charge in [0.25, 0.3) is 5.91 Å². The van der Waals surface area contributed by atoms with E-state index in [1.807, 2.05) is 0 Å². The summed E-state index contributed by atoms with van der Waals surface area (Å²) in [6.45, 7) is 0. The molecule has 20 heavy (non-hydrogen) atoms. The van der Waals surface area contributed by atoms with Crippen LogP contribution in [0.4, 0.5) is 11.6 Å². The fourth-order valence-electron chi connectivity index (χ4n) is 1.51. The van der Waals surface area contributed by atoms with Crippen molar-refractivity contribution < 1.29 is 14.3 Å². The number of anilines is 2. The van der Waals surface area contributed by atoms with Crippen LogP contribution in [0.15, 0.2) is 12.3 Å². The molecule has 106 valence electrons. The molecule has 0 aliphatic carbocycles. The van der Waals surface area contributed by atoms with Crippen molar-refractivity contribution in [2.45, 2.75) is 0 Å². The lowest BCUT2D eigenvalue weighted by molar-refractivity contribution is 0.102. The van der Waals surface area contributed by atoms with Crippen LogP contribution < -0.4 is 20.5 Å². The molecule has 2 rings (SSSR count). The van der Waals surface area contributed by atoms with Crippen molar-refractivity contribution in [2.24, 2.45) is 7.05 Å². The molecule has 3 N–H and O–H groups in total. The van der Waals surface area contributed by atoms with Crippen LogP contribution in [0.3, 0.4) is 0 Å². The van der Waals surface area contributed by atoms with Crippen LogP contribution in [0.5, 0.6) is 11.8 Å². The van der Waals surface area contributed by atoms with Crippen molar-refractivity contribution in [1.29, 1.82) is 0 Å². The maximum atomic E-state index is 12.0. The number of nitrogens with one attached hydrogen (secondary N) is 1. The van der Waals surface area contributed by atoms with E-state index < -0.39 is 5.91 Å². The molecule has 2 aromatic heterocycles. The molecule has 2 aromatic rings. The molecule has 0 saturated carbocycles. The van der Waals surface area contributed by atoms with Gasteiger partial charge in [-0.15, -0.1) is 0 Å².